The predicted octanol–water partition coefficient (Wildman–Crippen LogP) is -0.721. The standard InChI is InChI=1S/C12H18N2O6/c15-7-12(8-16,9-17)13-5-6-20-11-3-1-10(2-4-11)14(18)19/h1-4,13,15-17H,5-9H2. The molecule has 0 aliphatic rings. The van der Waals surface area contributed by atoms with Crippen molar-refractivity contribution in [2.24, 2.45) is 0 Å². The number of hydrogen-bond acceptors (Lipinski definition) is 7. The molecule has 0 saturated carbocycles. The van der Waals surface area contributed by atoms with Crippen LogP contribution in [0, 0.1) is 10.1 Å². The van der Waals surface area contributed by atoms with E-state index in [0.29, 0.717) is 12.3 Å². The number of nitro groups is 1. The molecule has 0 fully saturated rings. The van der Waals surface area contributed by atoms with Crippen LogP contribution in [0.25, 0.3) is 0 Å². The van der Waals surface area contributed by atoms with Gasteiger partial charge in [0.05, 0.1) is 30.3 Å². The van der Waals surface area contributed by atoms with Crippen molar-refractivity contribution in [1.29, 1.82) is 0 Å². The normalized spacial score (nSPS) is 11.3. The molecule has 0 heterocycles. The summed E-state index contributed by atoms with van der Waals surface area (Å²) >= 11 is 0. The SMILES string of the molecule is O=[N+]([O-])c1ccc(OCCNC(CO)(CO)CO)cc1. The third-order valence-corrected chi connectivity index (χ3v) is 2.83. The van der Waals surface area contributed by atoms with Gasteiger partial charge < -0.3 is 25.4 Å². The molecule has 0 unspecified atom stereocenters. The van der Waals surface area contributed by atoms with Gasteiger partial charge in [-0.3, -0.25) is 10.1 Å². The number of non-ortho nitro benzene ring substituents is 1. The molecule has 0 atom stereocenters. The second-order valence-electron chi connectivity index (χ2n) is 4.28. The number of nitrogens with zero attached hydrogens (tertiary/aromatic N) is 1. The summed E-state index contributed by atoms with van der Waals surface area (Å²) in [6, 6.07) is 5.63. The number of benzene rings is 1. The summed E-state index contributed by atoms with van der Waals surface area (Å²) < 4.78 is 5.34. The van der Waals surface area contributed by atoms with Gasteiger partial charge in [0.1, 0.15) is 12.4 Å². The van der Waals surface area contributed by atoms with Gasteiger partial charge in [0, 0.05) is 18.7 Å². The highest BCUT2D eigenvalue weighted by molar-refractivity contribution is 5.35. The van der Waals surface area contributed by atoms with Crippen LogP contribution in [0.5, 0.6) is 5.75 Å². The highest BCUT2D eigenvalue weighted by Crippen LogP contribution is 2.17. The Kier molecular flexibility index (Phi) is 6.32. The Hall–Kier alpha value is -1.74. The van der Waals surface area contributed by atoms with Gasteiger partial charge in [0.2, 0.25) is 0 Å². The lowest BCUT2D eigenvalue weighted by molar-refractivity contribution is -0.384. The Bertz CT molecular complexity index is 410. The van der Waals surface area contributed by atoms with Crippen LogP contribution >= 0.6 is 0 Å². The summed E-state index contributed by atoms with van der Waals surface area (Å²) in [5.41, 5.74) is -1.16. The number of aliphatic hydroxyl groups excluding tert-OH is 3. The van der Waals surface area contributed by atoms with Gasteiger partial charge in [0.25, 0.3) is 5.69 Å². The molecule has 0 amide bonds. The number of nitro benzene ring substituents is 1. The molecule has 0 aliphatic carbocycles. The summed E-state index contributed by atoms with van der Waals surface area (Å²) in [6.07, 6.45) is 0. The Morgan fingerprint density at radius 2 is 1.70 bits per heavy atom. The summed E-state index contributed by atoms with van der Waals surface area (Å²) in [7, 11) is 0. The van der Waals surface area contributed by atoms with Crippen LogP contribution in [0.2, 0.25) is 0 Å². The first-order valence-corrected chi connectivity index (χ1v) is 6.02. The molecule has 0 spiro atoms. The Morgan fingerprint density at radius 3 is 2.15 bits per heavy atom. The maximum absolute atomic E-state index is 10.5. The van der Waals surface area contributed by atoms with E-state index in [2.05, 4.69) is 5.32 Å². The van der Waals surface area contributed by atoms with Gasteiger partial charge in [-0.05, 0) is 12.1 Å². The van der Waals surface area contributed by atoms with Crippen molar-refractivity contribution in [3.8, 4) is 5.75 Å². The van der Waals surface area contributed by atoms with Crippen molar-refractivity contribution < 1.29 is 25.0 Å². The molecule has 8 nitrogen and oxygen atoms in total. The van der Waals surface area contributed by atoms with E-state index in [4.69, 9.17) is 20.1 Å². The van der Waals surface area contributed by atoms with E-state index in [1.807, 2.05) is 0 Å². The molecule has 0 aliphatic heterocycles. The van der Waals surface area contributed by atoms with Gasteiger partial charge >= 0.3 is 0 Å². The van der Waals surface area contributed by atoms with E-state index in [9.17, 15) is 10.1 Å². The lowest BCUT2D eigenvalue weighted by atomic mass is 10.0. The van der Waals surface area contributed by atoms with Crippen LogP contribution in [0.15, 0.2) is 24.3 Å². The van der Waals surface area contributed by atoms with Gasteiger partial charge in [-0.2, -0.15) is 0 Å². The quantitative estimate of drug-likeness (QED) is 0.268. The van der Waals surface area contributed by atoms with E-state index >= 15 is 0 Å². The summed E-state index contributed by atoms with van der Waals surface area (Å²) in [4.78, 5) is 9.97. The lowest BCUT2D eigenvalue weighted by Gasteiger charge is -2.28. The fourth-order valence-electron chi connectivity index (χ4n) is 1.47. The molecule has 20 heavy (non-hydrogen) atoms. The fraction of sp³-hybridized carbons (Fsp3) is 0.500. The van der Waals surface area contributed by atoms with Gasteiger partial charge in [0.15, 0.2) is 0 Å². The zero-order valence-corrected chi connectivity index (χ0v) is 10.9. The number of hydrogen-bond donors (Lipinski definition) is 4. The van der Waals surface area contributed by atoms with Gasteiger partial charge in [-0.1, -0.05) is 0 Å². The number of ether oxygens (including phenoxy) is 1. The van der Waals surface area contributed by atoms with E-state index in [0.717, 1.165) is 0 Å². The van der Waals surface area contributed by atoms with Crippen LogP contribution in [0.3, 0.4) is 0 Å². The predicted molar refractivity (Wildman–Crippen MR) is 70.6 cm³/mol. The smallest absolute Gasteiger partial charge is 0.269 e. The minimum atomic E-state index is -1.14. The average Bonchev–Trinajstić information content (AvgIpc) is 2.49. The minimum absolute atomic E-state index is 0.0182. The van der Waals surface area contributed by atoms with Gasteiger partial charge in [-0.25, -0.2) is 0 Å². The minimum Gasteiger partial charge on any atom is -0.492 e. The monoisotopic (exact) mass is 286 g/mol. The maximum Gasteiger partial charge on any atom is 0.269 e. The summed E-state index contributed by atoms with van der Waals surface area (Å²) in [6.45, 7) is -0.704. The van der Waals surface area contributed by atoms with Crippen molar-refractivity contribution in [2.75, 3.05) is 33.0 Å². The second kappa shape index (κ2) is 7.75. The number of aliphatic hydroxyl groups is 3. The average molecular weight is 286 g/mol. The third-order valence-electron chi connectivity index (χ3n) is 2.83. The van der Waals surface area contributed by atoms with Crippen LogP contribution in [-0.2, 0) is 0 Å². The van der Waals surface area contributed by atoms with Crippen molar-refractivity contribution in [3.63, 3.8) is 0 Å². The van der Waals surface area contributed by atoms with Crippen molar-refractivity contribution >= 4 is 5.69 Å². The Morgan fingerprint density at radius 1 is 1.15 bits per heavy atom. The fourth-order valence-corrected chi connectivity index (χ4v) is 1.47. The van der Waals surface area contributed by atoms with Gasteiger partial charge in [-0.15, -0.1) is 0 Å². The van der Waals surface area contributed by atoms with Crippen LogP contribution < -0.4 is 10.1 Å². The lowest BCUT2D eigenvalue weighted by Crippen LogP contribution is -2.55. The Labute approximate surface area is 115 Å². The van der Waals surface area contributed by atoms with Crippen LogP contribution in [0.1, 0.15) is 0 Å². The highest BCUT2D eigenvalue weighted by atomic mass is 16.6. The maximum atomic E-state index is 10.5. The molecule has 1 rings (SSSR count). The van der Waals surface area contributed by atoms with Crippen LogP contribution in [-0.4, -0.2) is 58.8 Å². The van der Waals surface area contributed by atoms with Crippen molar-refractivity contribution in [1.82, 2.24) is 5.32 Å². The largest absolute Gasteiger partial charge is 0.492 e. The first kappa shape index (κ1) is 16.3. The molecule has 0 aromatic heterocycles. The summed E-state index contributed by atoms with van der Waals surface area (Å²) in [5.74, 6) is 0.472. The zero-order chi connectivity index (χ0) is 15.0. The number of rotatable bonds is 9. The zero-order valence-electron chi connectivity index (χ0n) is 10.9. The second-order valence-corrected chi connectivity index (χ2v) is 4.28. The summed E-state index contributed by atoms with van der Waals surface area (Å²) in [5, 5.41) is 40.5. The first-order chi connectivity index (χ1) is 9.56. The number of nitrogens with one attached hydrogen (secondary N) is 1. The topological polar surface area (TPSA) is 125 Å². The molecule has 1 aromatic carbocycles. The van der Waals surface area contributed by atoms with E-state index in [-0.39, 0.29) is 12.3 Å². The third kappa shape index (κ3) is 4.42. The molecule has 1 aromatic rings. The molecule has 0 bridgehead atoms. The van der Waals surface area contributed by atoms with E-state index < -0.39 is 30.3 Å². The molecular formula is C12H18N2O6. The molecule has 0 saturated heterocycles. The highest BCUT2D eigenvalue weighted by Gasteiger charge is 2.26. The molecule has 0 radical (unpaired) electrons. The Balaban J connectivity index is 2.39. The molecule has 8 heteroatoms. The van der Waals surface area contributed by atoms with E-state index in [1.165, 1.54) is 24.3 Å². The molecular weight excluding hydrogens is 268 g/mol. The van der Waals surface area contributed by atoms with E-state index in [1.54, 1.807) is 0 Å². The van der Waals surface area contributed by atoms with Crippen molar-refractivity contribution in [2.45, 2.75) is 5.54 Å². The van der Waals surface area contributed by atoms with Crippen LogP contribution in [0.4, 0.5) is 5.69 Å². The van der Waals surface area contributed by atoms with Crippen molar-refractivity contribution in [3.05, 3.63) is 34.4 Å². The first-order valence-electron chi connectivity index (χ1n) is 6.02. The molecule has 4 N–H and O–H groups in total. The molecule has 112 valence electrons.